The van der Waals surface area contributed by atoms with E-state index < -0.39 is 6.10 Å². The number of thioether (sulfide) groups is 1. The molecule has 0 N–H and O–H groups in total. The lowest BCUT2D eigenvalue weighted by molar-refractivity contribution is -0.147. The van der Waals surface area contributed by atoms with Crippen molar-refractivity contribution in [3.05, 3.63) is 24.3 Å². The van der Waals surface area contributed by atoms with Gasteiger partial charge in [0, 0.05) is 9.32 Å². The van der Waals surface area contributed by atoms with Crippen LogP contribution < -0.4 is 4.74 Å². The van der Waals surface area contributed by atoms with E-state index in [0.29, 0.717) is 5.75 Å². The Morgan fingerprint density at radius 2 is 2.28 bits per heavy atom. The number of hydrogen-bond donors (Lipinski definition) is 0. The summed E-state index contributed by atoms with van der Waals surface area (Å²) in [5.74, 6) is 1.43. The molecule has 18 heavy (non-hydrogen) atoms. The predicted octanol–water partition coefficient (Wildman–Crippen LogP) is 3.54. The summed E-state index contributed by atoms with van der Waals surface area (Å²) in [6.07, 6.45) is 0.610. The number of alkyl halides is 1. The molecule has 0 spiro atoms. The number of halogens is 1. The van der Waals surface area contributed by atoms with E-state index in [9.17, 15) is 4.79 Å². The van der Waals surface area contributed by atoms with E-state index in [2.05, 4.69) is 27.3 Å². The van der Waals surface area contributed by atoms with Crippen molar-refractivity contribution in [3.8, 4) is 5.75 Å². The fourth-order valence-corrected chi connectivity index (χ4v) is 3.10. The van der Waals surface area contributed by atoms with Crippen molar-refractivity contribution in [2.24, 2.45) is 0 Å². The van der Waals surface area contributed by atoms with E-state index in [-0.39, 0.29) is 5.97 Å². The molecule has 100 valence electrons. The average Bonchev–Trinajstić information content (AvgIpc) is 2.38. The molecule has 0 bridgehead atoms. The fraction of sp³-hybridized carbons (Fsp3) is 0.462. The Balaban J connectivity index is 2.56. The summed E-state index contributed by atoms with van der Waals surface area (Å²) in [5.41, 5.74) is 0. The van der Waals surface area contributed by atoms with Crippen LogP contribution in [0.2, 0.25) is 0 Å². The summed E-state index contributed by atoms with van der Waals surface area (Å²) in [7, 11) is 1.36. The number of ether oxygens (including phenoxy) is 2. The maximum Gasteiger partial charge on any atom is 0.346 e. The molecule has 1 rings (SSSR count). The monoisotopic (exact) mass is 380 g/mol. The minimum atomic E-state index is -0.579. The normalized spacial score (nSPS) is 11.9. The van der Waals surface area contributed by atoms with Crippen molar-refractivity contribution >= 4 is 40.3 Å². The first-order valence-corrected chi connectivity index (χ1v) is 8.21. The first-order chi connectivity index (χ1) is 8.67. The molecule has 0 fully saturated rings. The standard InChI is InChI=1S/C13H17IO3S/c1-10(13(15)16-2)17-11-5-3-6-12(9-11)18-8-4-7-14/h3,5-6,9-10H,4,7-8H2,1-2H3/t10-/m0/s1. The second-order valence-corrected chi connectivity index (χ2v) is 5.90. The van der Waals surface area contributed by atoms with Crippen molar-refractivity contribution in [1.29, 1.82) is 0 Å². The first-order valence-electron chi connectivity index (χ1n) is 5.70. The van der Waals surface area contributed by atoms with Crippen molar-refractivity contribution < 1.29 is 14.3 Å². The van der Waals surface area contributed by atoms with E-state index in [1.165, 1.54) is 18.0 Å². The van der Waals surface area contributed by atoms with Gasteiger partial charge in [-0.2, -0.15) is 0 Å². The van der Waals surface area contributed by atoms with Crippen molar-refractivity contribution in [3.63, 3.8) is 0 Å². The highest BCUT2D eigenvalue weighted by atomic mass is 127. The van der Waals surface area contributed by atoms with Crippen LogP contribution in [0.15, 0.2) is 29.2 Å². The van der Waals surface area contributed by atoms with Gasteiger partial charge in [0.1, 0.15) is 5.75 Å². The largest absolute Gasteiger partial charge is 0.479 e. The Bertz CT molecular complexity index is 384. The molecule has 1 atom stereocenters. The van der Waals surface area contributed by atoms with Crippen LogP contribution in [0.25, 0.3) is 0 Å². The molecule has 0 unspecified atom stereocenters. The van der Waals surface area contributed by atoms with E-state index in [1.807, 2.05) is 24.3 Å². The first kappa shape index (κ1) is 15.6. The summed E-state index contributed by atoms with van der Waals surface area (Å²) in [6, 6.07) is 7.79. The molecule has 3 nitrogen and oxygen atoms in total. The molecule has 0 saturated carbocycles. The van der Waals surface area contributed by atoms with Crippen molar-refractivity contribution in [1.82, 2.24) is 0 Å². The molecule has 0 aliphatic carbocycles. The molecular formula is C13H17IO3S. The van der Waals surface area contributed by atoms with E-state index in [0.717, 1.165) is 10.6 Å². The number of carbonyl (C=O) groups is 1. The minimum Gasteiger partial charge on any atom is -0.479 e. The maximum atomic E-state index is 11.3. The van der Waals surface area contributed by atoms with Gasteiger partial charge in [0.15, 0.2) is 6.10 Å². The zero-order valence-corrected chi connectivity index (χ0v) is 13.5. The summed E-state index contributed by atoms with van der Waals surface area (Å²) >= 11 is 4.17. The van der Waals surface area contributed by atoms with Gasteiger partial charge in [-0.15, -0.1) is 11.8 Å². The number of carbonyl (C=O) groups excluding carboxylic acids is 1. The highest BCUT2D eigenvalue weighted by Crippen LogP contribution is 2.24. The van der Waals surface area contributed by atoms with Crippen LogP contribution in [0, 0.1) is 0 Å². The molecule has 0 aliphatic rings. The lowest BCUT2D eigenvalue weighted by Gasteiger charge is -2.13. The Morgan fingerprint density at radius 3 is 2.94 bits per heavy atom. The Kier molecular flexibility index (Phi) is 7.50. The molecular weight excluding hydrogens is 363 g/mol. The van der Waals surface area contributed by atoms with Crippen LogP contribution in [0.4, 0.5) is 0 Å². The van der Waals surface area contributed by atoms with Crippen LogP contribution >= 0.6 is 34.4 Å². The summed E-state index contributed by atoms with van der Waals surface area (Å²) < 4.78 is 11.3. The second-order valence-electron chi connectivity index (χ2n) is 3.65. The Morgan fingerprint density at radius 1 is 1.50 bits per heavy atom. The molecule has 0 radical (unpaired) electrons. The SMILES string of the molecule is COC(=O)[C@H](C)Oc1cccc(SCCCI)c1. The highest BCUT2D eigenvalue weighted by Gasteiger charge is 2.14. The van der Waals surface area contributed by atoms with Gasteiger partial charge in [-0.3, -0.25) is 0 Å². The second kappa shape index (κ2) is 8.63. The number of hydrogen-bond acceptors (Lipinski definition) is 4. The zero-order chi connectivity index (χ0) is 13.4. The van der Waals surface area contributed by atoms with Gasteiger partial charge in [-0.05, 0) is 37.3 Å². The minimum absolute atomic E-state index is 0.363. The molecule has 1 aromatic carbocycles. The molecule has 0 saturated heterocycles. The number of esters is 1. The van der Waals surface area contributed by atoms with E-state index in [1.54, 1.807) is 18.7 Å². The molecule has 0 amide bonds. The summed E-state index contributed by atoms with van der Waals surface area (Å²) in [4.78, 5) is 12.4. The molecule has 1 aromatic rings. The fourth-order valence-electron chi connectivity index (χ4n) is 1.30. The molecule has 5 heteroatoms. The maximum absolute atomic E-state index is 11.3. The van der Waals surface area contributed by atoms with Gasteiger partial charge in [-0.1, -0.05) is 28.7 Å². The van der Waals surface area contributed by atoms with Crippen LogP contribution in [0.1, 0.15) is 13.3 Å². The van der Waals surface area contributed by atoms with Crippen LogP contribution in [-0.2, 0) is 9.53 Å². The Hall–Kier alpha value is -0.430. The third-order valence-corrected chi connectivity index (χ3v) is 4.04. The third kappa shape index (κ3) is 5.48. The van der Waals surface area contributed by atoms with E-state index in [4.69, 9.17) is 4.74 Å². The smallest absolute Gasteiger partial charge is 0.346 e. The number of methoxy groups -OCH3 is 1. The predicted molar refractivity (Wildman–Crippen MR) is 82.8 cm³/mol. The quantitative estimate of drug-likeness (QED) is 0.238. The lowest BCUT2D eigenvalue weighted by atomic mass is 10.3. The van der Waals surface area contributed by atoms with Gasteiger partial charge in [-0.25, -0.2) is 4.79 Å². The van der Waals surface area contributed by atoms with Crippen LogP contribution in [0.5, 0.6) is 5.75 Å². The molecule has 0 heterocycles. The molecule has 0 aromatic heterocycles. The number of benzene rings is 1. The molecule has 0 aliphatic heterocycles. The third-order valence-electron chi connectivity index (χ3n) is 2.20. The lowest BCUT2D eigenvalue weighted by Crippen LogP contribution is -2.24. The topological polar surface area (TPSA) is 35.5 Å². The van der Waals surface area contributed by atoms with Gasteiger partial charge in [0.25, 0.3) is 0 Å². The van der Waals surface area contributed by atoms with Gasteiger partial charge in [0.05, 0.1) is 7.11 Å². The average molecular weight is 380 g/mol. The Labute approximate surface area is 126 Å². The van der Waals surface area contributed by atoms with Crippen molar-refractivity contribution in [2.45, 2.75) is 24.3 Å². The highest BCUT2D eigenvalue weighted by molar-refractivity contribution is 14.1. The number of rotatable bonds is 7. The van der Waals surface area contributed by atoms with Gasteiger partial charge >= 0.3 is 5.97 Å². The van der Waals surface area contributed by atoms with Crippen LogP contribution in [0.3, 0.4) is 0 Å². The van der Waals surface area contributed by atoms with E-state index >= 15 is 0 Å². The summed E-state index contributed by atoms with van der Waals surface area (Å²) in [6.45, 7) is 1.68. The zero-order valence-electron chi connectivity index (χ0n) is 10.5. The summed E-state index contributed by atoms with van der Waals surface area (Å²) in [5, 5.41) is 0. The van der Waals surface area contributed by atoms with Crippen LogP contribution in [-0.4, -0.2) is 29.4 Å². The van der Waals surface area contributed by atoms with Crippen molar-refractivity contribution in [2.75, 3.05) is 17.3 Å². The van der Waals surface area contributed by atoms with Gasteiger partial charge in [0.2, 0.25) is 0 Å². The van der Waals surface area contributed by atoms with Gasteiger partial charge < -0.3 is 9.47 Å².